The van der Waals surface area contributed by atoms with Crippen LogP contribution in [-0.4, -0.2) is 21.9 Å². The Bertz CT molecular complexity index is 909. The molecule has 2 aromatic heterocycles. The summed E-state index contributed by atoms with van der Waals surface area (Å²) >= 11 is 0. The lowest BCUT2D eigenvalue weighted by atomic mass is 10.1. The van der Waals surface area contributed by atoms with E-state index in [0.29, 0.717) is 23.2 Å². The molecule has 0 aliphatic rings. The summed E-state index contributed by atoms with van der Waals surface area (Å²) in [5.41, 5.74) is 3.85. The average Bonchev–Trinajstić information content (AvgIpc) is 2.64. The molecule has 0 spiro atoms. The summed E-state index contributed by atoms with van der Waals surface area (Å²) < 4.78 is 13.3. The first kappa shape index (κ1) is 17.7. The molecule has 1 amide bonds. The zero-order valence-electron chi connectivity index (χ0n) is 14.7. The van der Waals surface area contributed by atoms with Crippen molar-refractivity contribution in [1.29, 1.82) is 0 Å². The number of halogens is 1. The second-order valence-corrected chi connectivity index (χ2v) is 6.29. The van der Waals surface area contributed by atoms with Crippen LogP contribution < -0.4 is 5.32 Å². The molecule has 132 valence electrons. The van der Waals surface area contributed by atoms with Gasteiger partial charge in [0, 0.05) is 36.1 Å². The van der Waals surface area contributed by atoms with Crippen LogP contribution in [0.15, 0.2) is 60.9 Å². The minimum absolute atomic E-state index is 0.0565. The van der Waals surface area contributed by atoms with E-state index >= 15 is 0 Å². The summed E-state index contributed by atoms with van der Waals surface area (Å²) in [6.07, 6.45) is 3.92. The molecule has 2 heterocycles. The highest BCUT2D eigenvalue weighted by Gasteiger charge is 2.12. The number of rotatable bonds is 5. The third-order valence-corrected chi connectivity index (χ3v) is 4.14. The van der Waals surface area contributed by atoms with Crippen LogP contribution in [0.25, 0.3) is 11.3 Å². The molecule has 0 radical (unpaired) electrons. The summed E-state index contributed by atoms with van der Waals surface area (Å²) in [7, 11) is 0. The molecule has 0 aliphatic heterocycles. The molecular formula is C21H20FN3O. The third kappa shape index (κ3) is 4.30. The number of amides is 1. The van der Waals surface area contributed by atoms with Crippen LogP contribution in [0.1, 0.15) is 28.5 Å². The number of hydrogen-bond acceptors (Lipinski definition) is 3. The predicted molar refractivity (Wildman–Crippen MR) is 99.2 cm³/mol. The van der Waals surface area contributed by atoms with Gasteiger partial charge in [0.25, 0.3) is 5.91 Å². The van der Waals surface area contributed by atoms with Crippen LogP contribution in [0, 0.1) is 12.7 Å². The zero-order valence-corrected chi connectivity index (χ0v) is 14.7. The number of carbonyl (C=O) groups is 1. The number of aryl methyl sites for hydroxylation is 1. The molecule has 4 nitrogen and oxygen atoms in total. The van der Waals surface area contributed by atoms with Crippen molar-refractivity contribution in [3.63, 3.8) is 0 Å². The van der Waals surface area contributed by atoms with Crippen molar-refractivity contribution < 1.29 is 9.18 Å². The van der Waals surface area contributed by atoms with Crippen molar-refractivity contribution in [2.24, 2.45) is 0 Å². The van der Waals surface area contributed by atoms with Gasteiger partial charge >= 0.3 is 0 Å². The van der Waals surface area contributed by atoms with Gasteiger partial charge < -0.3 is 5.32 Å². The SMILES string of the molecule is Cc1cccnc1CC(C)NC(=O)c1ccc(-c2cccc(F)c2)nc1. The first-order chi connectivity index (χ1) is 12.5. The van der Waals surface area contributed by atoms with E-state index in [0.717, 1.165) is 11.3 Å². The maximum absolute atomic E-state index is 13.3. The van der Waals surface area contributed by atoms with Crippen molar-refractivity contribution in [2.45, 2.75) is 26.3 Å². The van der Waals surface area contributed by atoms with E-state index in [-0.39, 0.29) is 17.8 Å². The van der Waals surface area contributed by atoms with Crippen molar-refractivity contribution in [2.75, 3.05) is 0 Å². The van der Waals surface area contributed by atoms with E-state index in [1.54, 1.807) is 30.5 Å². The monoisotopic (exact) mass is 349 g/mol. The van der Waals surface area contributed by atoms with Gasteiger partial charge in [-0.25, -0.2) is 4.39 Å². The summed E-state index contributed by atoms with van der Waals surface area (Å²) in [6.45, 7) is 3.95. The lowest BCUT2D eigenvalue weighted by molar-refractivity contribution is 0.0939. The van der Waals surface area contributed by atoms with Gasteiger partial charge in [-0.2, -0.15) is 0 Å². The predicted octanol–water partition coefficient (Wildman–Crippen LogP) is 3.95. The molecule has 3 aromatic rings. The molecule has 26 heavy (non-hydrogen) atoms. The molecule has 1 atom stereocenters. The van der Waals surface area contributed by atoms with Crippen molar-refractivity contribution in [1.82, 2.24) is 15.3 Å². The number of benzene rings is 1. The van der Waals surface area contributed by atoms with Gasteiger partial charge in [0.2, 0.25) is 0 Å². The second-order valence-electron chi connectivity index (χ2n) is 6.29. The molecule has 0 bridgehead atoms. The molecular weight excluding hydrogens is 329 g/mol. The Morgan fingerprint density at radius 3 is 2.69 bits per heavy atom. The maximum atomic E-state index is 13.3. The molecule has 1 aromatic carbocycles. The van der Waals surface area contributed by atoms with E-state index in [9.17, 15) is 9.18 Å². The molecule has 5 heteroatoms. The van der Waals surface area contributed by atoms with Gasteiger partial charge in [0.05, 0.1) is 11.3 Å². The van der Waals surface area contributed by atoms with E-state index in [1.165, 1.54) is 18.3 Å². The maximum Gasteiger partial charge on any atom is 0.253 e. The number of nitrogens with zero attached hydrogens (tertiary/aromatic N) is 2. The van der Waals surface area contributed by atoms with Crippen LogP contribution in [0.2, 0.25) is 0 Å². The summed E-state index contributed by atoms with van der Waals surface area (Å²) in [5, 5.41) is 2.96. The summed E-state index contributed by atoms with van der Waals surface area (Å²) in [5.74, 6) is -0.505. The van der Waals surface area contributed by atoms with Gasteiger partial charge in [-0.05, 0) is 49.7 Å². The van der Waals surface area contributed by atoms with Crippen LogP contribution in [-0.2, 0) is 6.42 Å². The van der Waals surface area contributed by atoms with E-state index in [1.807, 2.05) is 26.0 Å². The number of carbonyl (C=O) groups excluding carboxylic acids is 1. The van der Waals surface area contributed by atoms with Crippen LogP contribution in [0.5, 0.6) is 0 Å². The number of nitrogens with one attached hydrogen (secondary N) is 1. The molecule has 1 N–H and O–H groups in total. The number of hydrogen-bond donors (Lipinski definition) is 1. The quantitative estimate of drug-likeness (QED) is 0.759. The van der Waals surface area contributed by atoms with Gasteiger partial charge in [-0.1, -0.05) is 18.2 Å². The molecule has 1 unspecified atom stereocenters. The normalized spacial score (nSPS) is 11.8. The van der Waals surface area contributed by atoms with Gasteiger partial charge in [0.1, 0.15) is 5.82 Å². The lowest BCUT2D eigenvalue weighted by Gasteiger charge is -2.14. The first-order valence-corrected chi connectivity index (χ1v) is 8.46. The molecule has 0 aliphatic carbocycles. The highest BCUT2D eigenvalue weighted by molar-refractivity contribution is 5.94. The topological polar surface area (TPSA) is 54.9 Å². The number of aromatic nitrogens is 2. The highest BCUT2D eigenvalue weighted by atomic mass is 19.1. The van der Waals surface area contributed by atoms with Crippen molar-refractivity contribution in [3.8, 4) is 11.3 Å². The summed E-state index contributed by atoms with van der Waals surface area (Å²) in [4.78, 5) is 21.0. The second kappa shape index (κ2) is 7.87. The van der Waals surface area contributed by atoms with E-state index in [2.05, 4.69) is 15.3 Å². The smallest absolute Gasteiger partial charge is 0.253 e. The Balaban J connectivity index is 1.65. The number of pyridine rings is 2. The Hall–Kier alpha value is -3.08. The molecule has 3 rings (SSSR count). The highest BCUT2D eigenvalue weighted by Crippen LogP contribution is 2.18. The minimum atomic E-state index is -0.315. The molecule has 0 saturated heterocycles. The van der Waals surface area contributed by atoms with Crippen molar-refractivity contribution >= 4 is 5.91 Å². The Morgan fingerprint density at radius 1 is 1.15 bits per heavy atom. The minimum Gasteiger partial charge on any atom is -0.349 e. The Morgan fingerprint density at radius 2 is 2.00 bits per heavy atom. The van der Waals surface area contributed by atoms with Crippen LogP contribution in [0.4, 0.5) is 4.39 Å². The van der Waals surface area contributed by atoms with Crippen LogP contribution in [0.3, 0.4) is 0 Å². The standard InChI is InChI=1S/C21H20FN3O/c1-14-5-4-10-23-20(14)11-15(2)25-21(26)17-8-9-19(24-13-17)16-6-3-7-18(22)12-16/h3-10,12-13,15H,11H2,1-2H3,(H,25,26). The molecule has 0 fully saturated rings. The van der Waals surface area contributed by atoms with Gasteiger partial charge in [-0.3, -0.25) is 14.8 Å². The first-order valence-electron chi connectivity index (χ1n) is 8.46. The zero-order chi connectivity index (χ0) is 18.5. The largest absolute Gasteiger partial charge is 0.349 e. The fourth-order valence-electron chi connectivity index (χ4n) is 2.73. The van der Waals surface area contributed by atoms with Gasteiger partial charge in [0.15, 0.2) is 0 Å². The van der Waals surface area contributed by atoms with Gasteiger partial charge in [-0.15, -0.1) is 0 Å². The Kier molecular flexibility index (Phi) is 5.37. The lowest BCUT2D eigenvalue weighted by Crippen LogP contribution is -2.34. The third-order valence-electron chi connectivity index (χ3n) is 4.14. The Labute approximate surface area is 152 Å². The molecule has 0 saturated carbocycles. The fourth-order valence-corrected chi connectivity index (χ4v) is 2.73. The fraction of sp³-hybridized carbons (Fsp3) is 0.190. The van der Waals surface area contributed by atoms with E-state index in [4.69, 9.17) is 0 Å². The average molecular weight is 349 g/mol. The van der Waals surface area contributed by atoms with Crippen molar-refractivity contribution in [3.05, 3.63) is 83.6 Å². The van der Waals surface area contributed by atoms with Crippen LogP contribution >= 0.6 is 0 Å². The van der Waals surface area contributed by atoms with E-state index < -0.39 is 0 Å². The summed E-state index contributed by atoms with van der Waals surface area (Å²) in [6, 6.07) is 13.5.